The van der Waals surface area contributed by atoms with Crippen molar-refractivity contribution in [3.8, 4) is 0 Å². The smallest absolute Gasteiger partial charge is 0.310 e. The van der Waals surface area contributed by atoms with Crippen LogP contribution in [0, 0.1) is 18.8 Å². The molecule has 2 aliphatic heterocycles. The van der Waals surface area contributed by atoms with Crippen LogP contribution < -0.4 is 10.2 Å². The van der Waals surface area contributed by atoms with Crippen molar-refractivity contribution in [2.45, 2.75) is 59.3 Å². The van der Waals surface area contributed by atoms with Gasteiger partial charge in [0.15, 0.2) is 0 Å². The number of aromatic nitrogens is 1. The Morgan fingerprint density at radius 3 is 2.61 bits per heavy atom. The summed E-state index contributed by atoms with van der Waals surface area (Å²) < 4.78 is 5.11. The van der Waals surface area contributed by atoms with Crippen LogP contribution in [0.5, 0.6) is 0 Å². The minimum absolute atomic E-state index is 0.0982. The highest BCUT2D eigenvalue weighted by atomic mass is 16.5. The lowest BCUT2D eigenvalue weighted by molar-refractivity contribution is -0.151. The summed E-state index contributed by atoms with van der Waals surface area (Å²) in [5.74, 6) is 0.968. The van der Waals surface area contributed by atoms with Crippen molar-refractivity contribution in [2.24, 2.45) is 11.8 Å². The van der Waals surface area contributed by atoms with E-state index in [1.54, 1.807) is 11.8 Å². The first-order valence-corrected chi connectivity index (χ1v) is 13.2. The van der Waals surface area contributed by atoms with Gasteiger partial charge in [-0.05, 0) is 75.3 Å². The van der Waals surface area contributed by atoms with Crippen molar-refractivity contribution in [3.05, 3.63) is 29.8 Å². The van der Waals surface area contributed by atoms with Gasteiger partial charge in [0.05, 0.1) is 18.0 Å². The lowest BCUT2D eigenvalue weighted by atomic mass is 9.98. The second-order valence-electron chi connectivity index (χ2n) is 10.2. The molecule has 2 saturated heterocycles. The van der Waals surface area contributed by atoms with Crippen LogP contribution in [0.4, 0.5) is 11.5 Å². The summed E-state index contributed by atoms with van der Waals surface area (Å²) in [5, 5.41) is 3.93. The number of likely N-dealkylation sites (tertiary alicyclic amines) is 1. The number of amides is 2. The number of carbonyl (C=O) groups is 3. The van der Waals surface area contributed by atoms with E-state index in [9.17, 15) is 14.4 Å². The third-order valence-corrected chi connectivity index (χ3v) is 7.35. The van der Waals surface area contributed by atoms with E-state index in [0.29, 0.717) is 25.4 Å². The molecule has 0 bridgehead atoms. The van der Waals surface area contributed by atoms with E-state index < -0.39 is 0 Å². The van der Waals surface area contributed by atoms with Gasteiger partial charge in [-0.25, -0.2) is 4.98 Å². The summed E-state index contributed by atoms with van der Waals surface area (Å²) in [5.41, 5.74) is 2.74. The number of hydrogen-bond donors (Lipinski definition) is 1. The molecule has 0 saturated carbocycles. The average Bonchev–Trinajstić information content (AvgIpc) is 2.88. The van der Waals surface area contributed by atoms with Crippen molar-refractivity contribution in [1.82, 2.24) is 9.88 Å². The maximum absolute atomic E-state index is 12.7. The van der Waals surface area contributed by atoms with E-state index in [-0.39, 0.29) is 36.5 Å². The molecule has 8 nitrogen and oxygen atoms in total. The van der Waals surface area contributed by atoms with Crippen LogP contribution in [0.1, 0.15) is 57.9 Å². The summed E-state index contributed by atoms with van der Waals surface area (Å²) in [4.78, 5) is 46.2. The van der Waals surface area contributed by atoms with Gasteiger partial charge in [-0.1, -0.05) is 6.92 Å². The Hall–Kier alpha value is -3.16. The molecule has 2 aliphatic rings. The maximum atomic E-state index is 12.7. The lowest BCUT2D eigenvalue weighted by Crippen LogP contribution is -2.43. The average molecular weight is 495 g/mol. The molecule has 2 fully saturated rings. The standard InChI is InChI=1S/C28H38N4O4/c1-4-36-28(35)21-6-5-13-32(18-21)27(34)10-9-26(33)29-22-7-8-24-23(17-22)20(3)16-25(30-24)31-14-11-19(2)12-15-31/h7-8,16-17,19,21H,4-6,9-15,18H2,1-3H3,(H,29,33)/t21-/m1/s1. The maximum Gasteiger partial charge on any atom is 0.310 e. The van der Waals surface area contributed by atoms with Gasteiger partial charge in [0.2, 0.25) is 11.8 Å². The SMILES string of the molecule is CCOC(=O)[C@@H]1CCCN(C(=O)CCC(=O)Nc2ccc3nc(N4CCC(C)CC4)cc(C)c3c2)C1. The van der Waals surface area contributed by atoms with Gasteiger partial charge >= 0.3 is 5.97 Å². The largest absolute Gasteiger partial charge is 0.466 e. The molecule has 0 aliphatic carbocycles. The summed E-state index contributed by atoms with van der Waals surface area (Å²) in [7, 11) is 0. The molecule has 0 radical (unpaired) electrons. The quantitative estimate of drug-likeness (QED) is 0.577. The van der Waals surface area contributed by atoms with Crippen LogP contribution in [-0.2, 0) is 19.1 Å². The van der Waals surface area contributed by atoms with Crippen LogP contribution in [0.2, 0.25) is 0 Å². The number of hydrogen-bond acceptors (Lipinski definition) is 6. The zero-order chi connectivity index (χ0) is 25.7. The van der Waals surface area contributed by atoms with Crippen molar-refractivity contribution < 1.29 is 19.1 Å². The molecule has 0 unspecified atom stereocenters. The number of nitrogens with zero attached hydrogens (tertiary/aromatic N) is 3. The zero-order valence-corrected chi connectivity index (χ0v) is 21.7. The molecule has 8 heteroatoms. The molecule has 36 heavy (non-hydrogen) atoms. The second-order valence-corrected chi connectivity index (χ2v) is 10.2. The Bertz CT molecular complexity index is 1110. The van der Waals surface area contributed by atoms with Crippen molar-refractivity contribution in [3.63, 3.8) is 0 Å². The fourth-order valence-electron chi connectivity index (χ4n) is 5.11. The van der Waals surface area contributed by atoms with E-state index in [1.807, 2.05) is 18.2 Å². The molecule has 1 atom stereocenters. The predicted octanol–water partition coefficient (Wildman–Crippen LogP) is 4.30. The molecule has 2 amide bonds. The summed E-state index contributed by atoms with van der Waals surface area (Å²) in [6, 6.07) is 7.90. The first-order chi connectivity index (χ1) is 17.3. The first kappa shape index (κ1) is 25.9. The predicted molar refractivity (Wildman–Crippen MR) is 141 cm³/mol. The number of rotatable bonds is 7. The van der Waals surface area contributed by atoms with Gasteiger partial charge in [-0.3, -0.25) is 14.4 Å². The number of aryl methyl sites for hydroxylation is 1. The molecule has 3 heterocycles. The Balaban J connectivity index is 1.32. The molecule has 2 aromatic rings. The van der Waals surface area contributed by atoms with Crippen LogP contribution in [-0.4, -0.2) is 60.5 Å². The molecular weight excluding hydrogens is 456 g/mol. The summed E-state index contributed by atoms with van der Waals surface area (Å²) in [6.07, 6.45) is 4.10. The Kier molecular flexibility index (Phi) is 8.44. The van der Waals surface area contributed by atoms with Gasteiger partial charge in [0.25, 0.3) is 0 Å². The highest BCUT2D eigenvalue weighted by Gasteiger charge is 2.29. The molecule has 1 N–H and O–H groups in total. The number of nitrogens with one attached hydrogen (secondary N) is 1. The van der Waals surface area contributed by atoms with Crippen LogP contribution in [0.3, 0.4) is 0 Å². The fraction of sp³-hybridized carbons (Fsp3) is 0.571. The van der Waals surface area contributed by atoms with Gasteiger partial charge in [0.1, 0.15) is 5.82 Å². The number of esters is 1. The number of carbonyl (C=O) groups excluding carboxylic acids is 3. The third-order valence-electron chi connectivity index (χ3n) is 7.35. The monoisotopic (exact) mass is 494 g/mol. The lowest BCUT2D eigenvalue weighted by Gasteiger charge is -2.31. The highest BCUT2D eigenvalue weighted by molar-refractivity contribution is 5.96. The van der Waals surface area contributed by atoms with E-state index in [2.05, 4.69) is 30.1 Å². The molecule has 1 aromatic heterocycles. The van der Waals surface area contributed by atoms with E-state index >= 15 is 0 Å². The number of anilines is 2. The van der Waals surface area contributed by atoms with Gasteiger partial charge in [-0.15, -0.1) is 0 Å². The van der Waals surface area contributed by atoms with Crippen LogP contribution >= 0.6 is 0 Å². The minimum Gasteiger partial charge on any atom is -0.466 e. The molecule has 0 spiro atoms. The fourth-order valence-corrected chi connectivity index (χ4v) is 5.11. The van der Waals surface area contributed by atoms with Crippen LogP contribution in [0.25, 0.3) is 10.9 Å². The minimum atomic E-state index is -0.273. The highest BCUT2D eigenvalue weighted by Crippen LogP contribution is 2.28. The van der Waals surface area contributed by atoms with Crippen molar-refractivity contribution in [2.75, 3.05) is 43.0 Å². The number of pyridine rings is 1. The third kappa shape index (κ3) is 6.33. The number of ether oxygens (including phenoxy) is 1. The summed E-state index contributed by atoms with van der Waals surface area (Å²) in [6.45, 7) is 9.56. The zero-order valence-electron chi connectivity index (χ0n) is 21.7. The molecule has 4 rings (SSSR count). The number of benzene rings is 1. The van der Waals surface area contributed by atoms with E-state index in [0.717, 1.165) is 54.1 Å². The van der Waals surface area contributed by atoms with Crippen molar-refractivity contribution in [1.29, 1.82) is 0 Å². The topological polar surface area (TPSA) is 91.8 Å². The first-order valence-electron chi connectivity index (χ1n) is 13.2. The molecular formula is C28H38N4O4. The van der Waals surface area contributed by atoms with Crippen molar-refractivity contribution >= 4 is 40.2 Å². The van der Waals surface area contributed by atoms with Gasteiger partial charge in [0, 0.05) is 50.1 Å². The van der Waals surface area contributed by atoms with E-state index in [1.165, 1.54) is 12.8 Å². The number of fused-ring (bicyclic) bond motifs is 1. The Labute approximate surface area is 213 Å². The Morgan fingerprint density at radius 2 is 1.86 bits per heavy atom. The van der Waals surface area contributed by atoms with E-state index in [4.69, 9.17) is 9.72 Å². The van der Waals surface area contributed by atoms with Crippen LogP contribution in [0.15, 0.2) is 24.3 Å². The second kappa shape index (κ2) is 11.7. The van der Waals surface area contributed by atoms with Gasteiger partial charge < -0.3 is 19.9 Å². The Morgan fingerprint density at radius 1 is 1.08 bits per heavy atom. The normalized spacial score (nSPS) is 18.8. The summed E-state index contributed by atoms with van der Waals surface area (Å²) >= 11 is 0. The van der Waals surface area contributed by atoms with Gasteiger partial charge in [-0.2, -0.15) is 0 Å². The molecule has 194 valence electrons. The molecule has 1 aromatic carbocycles. The number of piperidine rings is 2.